The topological polar surface area (TPSA) is 36.0 Å². The maximum absolute atomic E-state index is 13.4. The third kappa shape index (κ3) is 5.09. The maximum Gasteiger partial charge on any atom is 0.320 e. The molecule has 2 heterocycles. The van der Waals surface area contributed by atoms with Gasteiger partial charge in [0.1, 0.15) is 5.75 Å². The van der Waals surface area contributed by atoms with Gasteiger partial charge in [0.05, 0.1) is 12.6 Å². The lowest BCUT2D eigenvalue weighted by Gasteiger charge is -2.44. The first-order valence-electron chi connectivity index (χ1n) is 11.9. The van der Waals surface area contributed by atoms with E-state index in [0.29, 0.717) is 5.92 Å². The Morgan fingerprint density at radius 1 is 0.969 bits per heavy atom. The molecule has 0 aliphatic carbocycles. The lowest BCUT2D eigenvalue weighted by atomic mass is 9.86. The normalized spacial score (nSPS) is 18.7. The molecular weight excluding hydrogens is 398 g/mol. The lowest BCUT2D eigenvalue weighted by molar-refractivity contribution is 0.0720. The van der Waals surface area contributed by atoms with E-state index in [4.69, 9.17) is 4.74 Å². The number of carbonyl (C=O) groups is 1. The molecule has 0 radical (unpaired) electrons. The Morgan fingerprint density at radius 3 is 2.28 bits per heavy atom. The van der Waals surface area contributed by atoms with E-state index in [1.54, 1.807) is 7.11 Å². The summed E-state index contributed by atoms with van der Waals surface area (Å²) in [5, 5.41) is 0. The zero-order valence-corrected chi connectivity index (χ0v) is 19.8. The second kappa shape index (κ2) is 9.95. The van der Waals surface area contributed by atoms with Gasteiger partial charge in [-0.2, -0.15) is 0 Å². The monoisotopic (exact) mass is 435 g/mol. The van der Waals surface area contributed by atoms with E-state index in [0.717, 1.165) is 64.3 Å². The summed E-state index contributed by atoms with van der Waals surface area (Å²) in [7, 11) is 1.69. The van der Waals surface area contributed by atoms with Crippen LogP contribution >= 0.6 is 0 Å². The summed E-state index contributed by atoms with van der Waals surface area (Å²) in [4.78, 5) is 20.3. The van der Waals surface area contributed by atoms with Gasteiger partial charge in [-0.15, -0.1) is 0 Å². The van der Waals surface area contributed by atoms with Crippen LogP contribution in [0.3, 0.4) is 0 Å². The molecule has 2 aliphatic rings. The Balaban J connectivity index is 1.44. The molecule has 1 spiro atoms. The average Bonchev–Trinajstić information content (AvgIpc) is 3.05. The first-order chi connectivity index (χ1) is 15.5. The lowest BCUT2D eigenvalue weighted by Crippen LogP contribution is -2.54. The molecule has 2 aromatic carbocycles. The summed E-state index contributed by atoms with van der Waals surface area (Å²) in [6, 6.07) is 19.2. The Labute approximate surface area is 193 Å². The number of likely N-dealkylation sites (tertiary alicyclic amines) is 1. The number of hydrogen-bond donors (Lipinski definition) is 0. The largest absolute Gasteiger partial charge is 0.497 e. The number of benzene rings is 2. The molecule has 2 amide bonds. The van der Waals surface area contributed by atoms with E-state index in [2.05, 4.69) is 71.0 Å². The first kappa shape index (κ1) is 22.7. The van der Waals surface area contributed by atoms with Crippen molar-refractivity contribution in [3.05, 3.63) is 65.7 Å². The molecule has 4 rings (SSSR count). The number of nitrogens with zero attached hydrogens (tertiary/aromatic N) is 3. The Hall–Kier alpha value is -2.53. The minimum Gasteiger partial charge on any atom is -0.497 e. The van der Waals surface area contributed by atoms with E-state index in [1.165, 1.54) is 11.1 Å². The Bertz CT molecular complexity index is 874. The van der Waals surface area contributed by atoms with E-state index < -0.39 is 0 Å². The molecule has 0 bridgehead atoms. The predicted octanol–water partition coefficient (Wildman–Crippen LogP) is 4.67. The fraction of sp³-hybridized carbons (Fsp3) is 0.519. The molecule has 5 nitrogen and oxygen atoms in total. The van der Waals surface area contributed by atoms with Crippen LogP contribution in [-0.4, -0.2) is 66.1 Å². The summed E-state index contributed by atoms with van der Waals surface area (Å²) in [5.74, 6) is 1.35. The van der Waals surface area contributed by atoms with Crippen LogP contribution in [0.4, 0.5) is 4.79 Å². The van der Waals surface area contributed by atoms with E-state index >= 15 is 0 Å². The number of piperidine rings is 1. The molecule has 172 valence electrons. The molecule has 2 fully saturated rings. The first-order valence-corrected chi connectivity index (χ1v) is 11.9. The van der Waals surface area contributed by atoms with Gasteiger partial charge in [0, 0.05) is 39.3 Å². The van der Waals surface area contributed by atoms with Gasteiger partial charge >= 0.3 is 6.03 Å². The molecule has 0 saturated carbocycles. The quantitative estimate of drug-likeness (QED) is 0.605. The molecule has 2 aromatic rings. The molecule has 0 aromatic heterocycles. The summed E-state index contributed by atoms with van der Waals surface area (Å²) in [6.07, 6.45) is 2.96. The van der Waals surface area contributed by atoms with Crippen molar-refractivity contribution in [1.29, 1.82) is 0 Å². The van der Waals surface area contributed by atoms with E-state index in [9.17, 15) is 4.79 Å². The van der Waals surface area contributed by atoms with Crippen molar-refractivity contribution in [3.63, 3.8) is 0 Å². The van der Waals surface area contributed by atoms with Crippen LogP contribution in [0.15, 0.2) is 54.6 Å². The fourth-order valence-electron chi connectivity index (χ4n) is 5.23. The highest BCUT2D eigenvalue weighted by molar-refractivity contribution is 5.78. The molecule has 0 N–H and O–H groups in total. The molecular formula is C27H37N3O2. The number of rotatable bonds is 8. The van der Waals surface area contributed by atoms with Crippen molar-refractivity contribution < 1.29 is 9.53 Å². The zero-order valence-electron chi connectivity index (χ0n) is 19.8. The third-order valence-electron chi connectivity index (χ3n) is 6.96. The number of amides is 2. The Morgan fingerprint density at radius 2 is 1.66 bits per heavy atom. The van der Waals surface area contributed by atoms with Crippen LogP contribution in [-0.2, 0) is 13.0 Å². The smallest absolute Gasteiger partial charge is 0.320 e. The van der Waals surface area contributed by atoms with Crippen LogP contribution in [0.5, 0.6) is 5.75 Å². The average molecular weight is 436 g/mol. The molecule has 0 unspecified atom stereocenters. The minimum absolute atomic E-state index is 0.0361. The van der Waals surface area contributed by atoms with Crippen molar-refractivity contribution in [3.8, 4) is 5.75 Å². The highest BCUT2D eigenvalue weighted by Crippen LogP contribution is 2.37. The maximum atomic E-state index is 13.4. The van der Waals surface area contributed by atoms with Crippen LogP contribution in [0, 0.1) is 5.92 Å². The molecule has 2 aliphatic heterocycles. The summed E-state index contributed by atoms with van der Waals surface area (Å²) in [6.45, 7) is 9.95. The summed E-state index contributed by atoms with van der Waals surface area (Å²) < 4.78 is 5.28. The van der Waals surface area contributed by atoms with Crippen LogP contribution < -0.4 is 4.74 Å². The molecule has 0 atom stereocenters. The number of urea groups is 1. The van der Waals surface area contributed by atoms with Crippen LogP contribution in [0.25, 0.3) is 0 Å². The van der Waals surface area contributed by atoms with Crippen molar-refractivity contribution in [2.45, 2.75) is 45.2 Å². The molecule has 5 heteroatoms. The van der Waals surface area contributed by atoms with Gasteiger partial charge in [-0.25, -0.2) is 4.79 Å². The van der Waals surface area contributed by atoms with Gasteiger partial charge in [0.2, 0.25) is 0 Å². The summed E-state index contributed by atoms with van der Waals surface area (Å²) >= 11 is 0. The van der Waals surface area contributed by atoms with Gasteiger partial charge < -0.3 is 14.5 Å². The number of methoxy groups -OCH3 is 1. The highest BCUT2D eigenvalue weighted by Gasteiger charge is 2.50. The van der Waals surface area contributed by atoms with Crippen LogP contribution in [0.2, 0.25) is 0 Å². The predicted molar refractivity (Wildman–Crippen MR) is 129 cm³/mol. The van der Waals surface area contributed by atoms with Gasteiger partial charge in [-0.1, -0.05) is 56.3 Å². The fourth-order valence-corrected chi connectivity index (χ4v) is 5.23. The standard InChI is InChI=1S/C27H37N3O2/c1-22(2)19-29-21-27(14-17-28(18-15-27)20-24-7-5-4-6-8-24)30(26(29)31)16-13-23-9-11-25(32-3)12-10-23/h4-12,22H,13-21H2,1-3H3. The molecule has 2 saturated heterocycles. The third-order valence-corrected chi connectivity index (χ3v) is 6.96. The van der Waals surface area contributed by atoms with E-state index in [1.807, 2.05) is 12.1 Å². The second-order valence-electron chi connectivity index (χ2n) is 9.79. The number of carbonyl (C=O) groups excluding carboxylic acids is 1. The summed E-state index contributed by atoms with van der Waals surface area (Å²) in [5.41, 5.74) is 2.58. The van der Waals surface area contributed by atoms with Gasteiger partial charge in [0.15, 0.2) is 0 Å². The SMILES string of the molecule is COc1ccc(CCN2C(=O)N(CC(C)C)CC23CCN(Cc2ccccc2)CC3)cc1. The van der Waals surface area contributed by atoms with Crippen molar-refractivity contribution in [1.82, 2.24) is 14.7 Å². The Kier molecular flexibility index (Phi) is 7.04. The zero-order chi connectivity index (χ0) is 22.6. The second-order valence-corrected chi connectivity index (χ2v) is 9.79. The van der Waals surface area contributed by atoms with Crippen molar-refractivity contribution >= 4 is 6.03 Å². The van der Waals surface area contributed by atoms with Gasteiger partial charge in [-0.3, -0.25) is 4.90 Å². The van der Waals surface area contributed by atoms with Crippen LogP contribution in [0.1, 0.15) is 37.8 Å². The van der Waals surface area contributed by atoms with E-state index in [-0.39, 0.29) is 11.6 Å². The highest BCUT2D eigenvalue weighted by atomic mass is 16.5. The minimum atomic E-state index is -0.0361. The molecule has 32 heavy (non-hydrogen) atoms. The van der Waals surface area contributed by atoms with Gasteiger partial charge in [0.25, 0.3) is 0 Å². The van der Waals surface area contributed by atoms with Crippen molar-refractivity contribution in [2.75, 3.05) is 39.8 Å². The number of ether oxygens (including phenoxy) is 1. The van der Waals surface area contributed by atoms with Gasteiger partial charge in [-0.05, 0) is 48.4 Å². The number of hydrogen-bond acceptors (Lipinski definition) is 3. The van der Waals surface area contributed by atoms with Crippen molar-refractivity contribution in [2.24, 2.45) is 5.92 Å².